The molecule has 0 aliphatic rings. The molecule has 1 aromatic rings. The van der Waals surface area contributed by atoms with Gasteiger partial charge in [-0.1, -0.05) is 0 Å². The van der Waals surface area contributed by atoms with Gasteiger partial charge in [-0.3, -0.25) is 4.79 Å². The number of imidazole rings is 1. The van der Waals surface area contributed by atoms with Crippen molar-refractivity contribution in [3.05, 3.63) is 18.2 Å². The van der Waals surface area contributed by atoms with Crippen LogP contribution in [-0.4, -0.2) is 28.9 Å². The summed E-state index contributed by atoms with van der Waals surface area (Å²) in [6.45, 7) is 3.31. The average Bonchev–Trinajstić information content (AvgIpc) is 2.52. The van der Waals surface area contributed by atoms with E-state index in [0.29, 0.717) is 13.0 Å². The van der Waals surface area contributed by atoms with E-state index >= 15 is 0 Å². The number of Topliss-reactive ketones (excluding diaryl/α,β-unsaturated/α-hetero) is 1. The van der Waals surface area contributed by atoms with Gasteiger partial charge >= 0.3 is 0 Å². The first-order valence-electron chi connectivity index (χ1n) is 4.44. The molecule has 0 radical (unpaired) electrons. The van der Waals surface area contributed by atoms with Crippen molar-refractivity contribution in [2.45, 2.75) is 19.9 Å². The normalized spacial score (nSPS) is 10.3. The zero-order valence-electron chi connectivity index (χ0n) is 8.08. The first kappa shape index (κ1) is 9.92. The molecule has 0 fully saturated rings. The van der Waals surface area contributed by atoms with Crippen LogP contribution in [0.5, 0.6) is 0 Å². The number of likely N-dealkylation sites (N-methyl/N-ethyl adjacent to an activating group) is 1. The lowest BCUT2D eigenvalue weighted by Crippen LogP contribution is -2.21. The number of aromatic nitrogens is 2. The third-order valence-electron chi connectivity index (χ3n) is 1.87. The summed E-state index contributed by atoms with van der Waals surface area (Å²) in [4.78, 5) is 15.4. The summed E-state index contributed by atoms with van der Waals surface area (Å²) in [5, 5.41) is 2.83. The van der Waals surface area contributed by atoms with Gasteiger partial charge in [-0.25, -0.2) is 4.98 Å². The number of carbonyl (C=O) groups is 1. The maximum absolute atomic E-state index is 11.3. The highest BCUT2D eigenvalue weighted by molar-refractivity contribution is 5.82. The summed E-state index contributed by atoms with van der Waals surface area (Å²) in [5.41, 5.74) is 0. The van der Waals surface area contributed by atoms with E-state index in [4.69, 9.17) is 0 Å². The van der Waals surface area contributed by atoms with Crippen molar-refractivity contribution in [2.75, 3.05) is 13.6 Å². The van der Waals surface area contributed by atoms with E-state index in [1.54, 1.807) is 13.2 Å². The van der Waals surface area contributed by atoms with E-state index < -0.39 is 0 Å². The predicted molar refractivity (Wildman–Crippen MR) is 50.5 cm³/mol. The van der Waals surface area contributed by atoms with Gasteiger partial charge in [0, 0.05) is 18.9 Å². The number of rotatable bonds is 5. The molecule has 0 saturated carbocycles. The standard InChI is InChI=1S/C9H15N3O/c1-3-12-5-4-11-9(12)6-8(13)7-10-2/h4-5,10H,3,6-7H2,1-2H3. The Hall–Kier alpha value is -1.16. The second kappa shape index (κ2) is 4.77. The molecule has 0 saturated heterocycles. The van der Waals surface area contributed by atoms with Crippen molar-refractivity contribution in [3.63, 3.8) is 0 Å². The van der Waals surface area contributed by atoms with E-state index in [-0.39, 0.29) is 5.78 Å². The molecule has 72 valence electrons. The maximum atomic E-state index is 11.3. The molecule has 0 aromatic carbocycles. The summed E-state index contributed by atoms with van der Waals surface area (Å²) >= 11 is 0. The van der Waals surface area contributed by atoms with Crippen LogP contribution < -0.4 is 5.32 Å². The number of hydrogen-bond acceptors (Lipinski definition) is 3. The second-order valence-corrected chi connectivity index (χ2v) is 2.88. The second-order valence-electron chi connectivity index (χ2n) is 2.88. The highest BCUT2D eigenvalue weighted by atomic mass is 16.1. The van der Waals surface area contributed by atoms with E-state index in [9.17, 15) is 4.79 Å². The van der Waals surface area contributed by atoms with Crippen molar-refractivity contribution in [1.29, 1.82) is 0 Å². The van der Waals surface area contributed by atoms with Crippen LogP contribution in [0, 0.1) is 0 Å². The molecular weight excluding hydrogens is 166 g/mol. The van der Waals surface area contributed by atoms with Gasteiger partial charge in [-0.05, 0) is 14.0 Å². The zero-order valence-corrected chi connectivity index (χ0v) is 8.08. The van der Waals surface area contributed by atoms with E-state index in [1.807, 2.05) is 17.7 Å². The van der Waals surface area contributed by atoms with Crippen LogP contribution in [0.3, 0.4) is 0 Å². The minimum atomic E-state index is 0.170. The van der Waals surface area contributed by atoms with Gasteiger partial charge in [-0.2, -0.15) is 0 Å². The molecule has 4 nitrogen and oxygen atoms in total. The fourth-order valence-corrected chi connectivity index (χ4v) is 1.23. The molecule has 0 aliphatic carbocycles. The van der Waals surface area contributed by atoms with Gasteiger partial charge in [0.2, 0.25) is 0 Å². The van der Waals surface area contributed by atoms with Crippen molar-refractivity contribution in [2.24, 2.45) is 0 Å². The van der Waals surface area contributed by atoms with Crippen LogP contribution in [0.25, 0.3) is 0 Å². The van der Waals surface area contributed by atoms with Gasteiger partial charge in [0.05, 0.1) is 13.0 Å². The average molecular weight is 181 g/mol. The molecule has 0 unspecified atom stereocenters. The highest BCUT2D eigenvalue weighted by Gasteiger charge is 2.06. The molecule has 1 aromatic heterocycles. The lowest BCUT2D eigenvalue weighted by Gasteiger charge is -2.03. The lowest BCUT2D eigenvalue weighted by molar-refractivity contribution is -0.117. The number of ketones is 1. The van der Waals surface area contributed by atoms with E-state index in [2.05, 4.69) is 10.3 Å². The van der Waals surface area contributed by atoms with Gasteiger partial charge < -0.3 is 9.88 Å². The minimum Gasteiger partial charge on any atom is -0.335 e. The van der Waals surface area contributed by atoms with E-state index in [1.165, 1.54) is 0 Å². The van der Waals surface area contributed by atoms with E-state index in [0.717, 1.165) is 12.4 Å². The molecule has 0 amide bonds. The fraction of sp³-hybridized carbons (Fsp3) is 0.556. The van der Waals surface area contributed by atoms with Crippen LogP contribution in [0.2, 0.25) is 0 Å². The Balaban J connectivity index is 2.57. The number of aryl methyl sites for hydroxylation is 1. The molecule has 13 heavy (non-hydrogen) atoms. The molecule has 1 N–H and O–H groups in total. The Bertz CT molecular complexity index is 280. The summed E-state index contributed by atoms with van der Waals surface area (Å²) in [7, 11) is 1.77. The summed E-state index contributed by atoms with van der Waals surface area (Å²) in [6, 6.07) is 0. The Morgan fingerprint density at radius 3 is 3.08 bits per heavy atom. The van der Waals surface area contributed by atoms with Gasteiger partial charge in [0.15, 0.2) is 5.78 Å². The van der Waals surface area contributed by atoms with Crippen LogP contribution in [-0.2, 0) is 17.8 Å². The number of carbonyl (C=O) groups excluding carboxylic acids is 1. The smallest absolute Gasteiger partial charge is 0.154 e. The van der Waals surface area contributed by atoms with Gasteiger partial charge in [-0.15, -0.1) is 0 Å². The molecule has 0 spiro atoms. The van der Waals surface area contributed by atoms with Crippen molar-refractivity contribution in [3.8, 4) is 0 Å². The van der Waals surface area contributed by atoms with Gasteiger partial charge in [0.1, 0.15) is 5.82 Å². The fourth-order valence-electron chi connectivity index (χ4n) is 1.23. The zero-order chi connectivity index (χ0) is 9.68. The number of nitrogens with one attached hydrogen (secondary N) is 1. The summed E-state index contributed by atoms with van der Waals surface area (Å²) in [5.74, 6) is 1.02. The molecule has 0 atom stereocenters. The molecule has 1 heterocycles. The minimum absolute atomic E-state index is 0.170. The van der Waals surface area contributed by atoms with Gasteiger partial charge in [0.25, 0.3) is 0 Å². The predicted octanol–water partition coefficient (Wildman–Crippen LogP) is 0.234. The summed E-state index contributed by atoms with van der Waals surface area (Å²) in [6.07, 6.45) is 4.04. The molecule has 0 aliphatic heterocycles. The molecule has 0 bridgehead atoms. The number of hydrogen-bond donors (Lipinski definition) is 1. The van der Waals surface area contributed by atoms with Crippen molar-refractivity contribution < 1.29 is 4.79 Å². The molecule has 4 heteroatoms. The third kappa shape index (κ3) is 2.66. The van der Waals surface area contributed by atoms with Crippen LogP contribution in [0.1, 0.15) is 12.7 Å². The third-order valence-corrected chi connectivity index (χ3v) is 1.87. The molecular formula is C9H15N3O. The maximum Gasteiger partial charge on any atom is 0.154 e. The monoisotopic (exact) mass is 181 g/mol. The largest absolute Gasteiger partial charge is 0.335 e. The topological polar surface area (TPSA) is 46.9 Å². The van der Waals surface area contributed by atoms with Crippen molar-refractivity contribution >= 4 is 5.78 Å². The Kier molecular flexibility index (Phi) is 3.64. The first-order chi connectivity index (χ1) is 6.27. The SMILES string of the molecule is CCn1ccnc1CC(=O)CNC. The molecule has 1 rings (SSSR count). The number of nitrogens with zero attached hydrogens (tertiary/aromatic N) is 2. The first-order valence-corrected chi connectivity index (χ1v) is 4.44. The lowest BCUT2D eigenvalue weighted by atomic mass is 10.2. The summed E-state index contributed by atoms with van der Waals surface area (Å²) < 4.78 is 1.98. The van der Waals surface area contributed by atoms with Crippen LogP contribution >= 0.6 is 0 Å². The quantitative estimate of drug-likeness (QED) is 0.707. The van der Waals surface area contributed by atoms with Crippen LogP contribution in [0.4, 0.5) is 0 Å². The Morgan fingerprint density at radius 2 is 2.46 bits per heavy atom. The van der Waals surface area contributed by atoms with Crippen LogP contribution in [0.15, 0.2) is 12.4 Å². The highest BCUT2D eigenvalue weighted by Crippen LogP contribution is 1.98. The Morgan fingerprint density at radius 1 is 1.69 bits per heavy atom. The van der Waals surface area contributed by atoms with Crippen molar-refractivity contribution in [1.82, 2.24) is 14.9 Å². The Labute approximate surface area is 78.0 Å².